The summed E-state index contributed by atoms with van der Waals surface area (Å²) in [7, 11) is -2.93. The SMILES string of the molecule is CC(C)CCNc1cc(NC2CCS(=O)(=O)C2)nc(-c2ccccc2)n1. The molecule has 1 aliphatic rings. The van der Waals surface area contributed by atoms with Crippen molar-refractivity contribution in [3.8, 4) is 11.4 Å². The Balaban J connectivity index is 1.82. The second kappa shape index (κ2) is 8.03. The van der Waals surface area contributed by atoms with Gasteiger partial charge in [0.25, 0.3) is 0 Å². The fourth-order valence-corrected chi connectivity index (χ4v) is 4.61. The van der Waals surface area contributed by atoms with E-state index in [2.05, 4.69) is 34.4 Å². The van der Waals surface area contributed by atoms with Gasteiger partial charge in [0, 0.05) is 24.2 Å². The van der Waals surface area contributed by atoms with Gasteiger partial charge in [-0.3, -0.25) is 0 Å². The van der Waals surface area contributed by atoms with Gasteiger partial charge < -0.3 is 10.6 Å². The molecule has 0 amide bonds. The number of hydrogen-bond acceptors (Lipinski definition) is 6. The van der Waals surface area contributed by atoms with Crippen molar-refractivity contribution in [2.45, 2.75) is 32.7 Å². The Morgan fingerprint density at radius 2 is 1.88 bits per heavy atom. The predicted octanol–water partition coefficient (Wildman–Crippen LogP) is 3.20. The highest BCUT2D eigenvalue weighted by atomic mass is 32.2. The van der Waals surface area contributed by atoms with Crippen LogP contribution in [-0.2, 0) is 9.84 Å². The molecular weight excluding hydrogens is 348 g/mol. The van der Waals surface area contributed by atoms with Crippen LogP contribution in [0.4, 0.5) is 11.6 Å². The van der Waals surface area contributed by atoms with Crippen LogP contribution in [0.25, 0.3) is 11.4 Å². The Morgan fingerprint density at radius 3 is 2.54 bits per heavy atom. The molecule has 7 heteroatoms. The van der Waals surface area contributed by atoms with E-state index in [1.54, 1.807) is 0 Å². The highest BCUT2D eigenvalue weighted by molar-refractivity contribution is 7.91. The first-order valence-corrected chi connectivity index (χ1v) is 10.9. The zero-order chi connectivity index (χ0) is 18.6. The Morgan fingerprint density at radius 1 is 1.15 bits per heavy atom. The number of sulfone groups is 1. The molecule has 0 bridgehead atoms. The quantitative estimate of drug-likeness (QED) is 0.774. The third-order valence-electron chi connectivity index (χ3n) is 4.37. The Bertz CT molecular complexity index is 838. The van der Waals surface area contributed by atoms with Gasteiger partial charge in [0.05, 0.1) is 11.5 Å². The lowest BCUT2D eigenvalue weighted by atomic mass is 10.1. The molecule has 1 aliphatic heterocycles. The van der Waals surface area contributed by atoms with E-state index < -0.39 is 9.84 Å². The van der Waals surface area contributed by atoms with Gasteiger partial charge in [0.1, 0.15) is 11.6 Å². The molecule has 3 rings (SSSR count). The first kappa shape index (κ1) is 18.6. The number of nitrogens with zero attached hydrogens (tertiary/aromatic N) is 2. The molecule has 2 aromatic rings. The van der Waals surface area contributed by atoms with E-state index in [9.17, 15) is 8.42 Å². The maximum absolute atomic E-state index is 11.7. The summed E-state index contributed by atoms with van der Waals surface area (Å²) < 4.78 is 23.4. The van der Waals surface area contributed by atoms with E-state index in [1.165, 1.54) is 0 Å². The predicted molar refractivity (Wildman–Crippen MR) is 106 cm³/mol. The van der Waals surface area contributed by atoms with Crippen molar-refractivity contribution in [2.75, 3.05) is 28.7 Å². The minimum absolute atomic E-state index is 0.0953. The highest BCUT2D eigenvalue weighted by Gasteiger charge is 2.28. The largest absolute Gasteiger partial charge is 0.370 e. The minimum atomic E-state index is -2.93. The van der Waals surface area contributed by atoms with Gasteiger partial charge in [-0.2, -0.15) is 0 Å². The minimum Gasteiger partial charge on any atom is -0.370 e. The van der Waals surface area contributed by atoms with Gasteiger partial charge in [-0.15, -0.1) is 0 Å². The van der Waals surface area contributed by atoms with Gasteiger partial charge in [-0.05, 0) is 18.8 Å². The third kappa shape index (κ3) is 5.17. The van der Waals surface area contributed by atoms with E-state index in [0.717, 1.165) is 24.3 Å². The van der Waals surface area contributed by atoms with Crippen LogP contribution < -0.4 is 10.6 Å². The Kier molecular flexibility index (Phi) is 5.76. The lowest BCUT2D eigenvalue weighted by Crippen LogP contribution is -2.21. The van der Waals surface area contributed by atoms with Crippen molar-refractivity contribution in [2.24, 2.45) is 5.92 Å². The monoisotopic (exact) mass is 374 g/mol. The molecule has 1 aromatic carbocycles. The molecule has 1 unspecified atom stereocenters. The molecule has 2 N–H and O–H groups in total. The average Bonchev–Trinajstić information content (AvgIpc) is 2.93. The molecule has 1 saturated heterocycles. The second-order valence-electron chi connectivity index (χ2n) is 7.18. The van der Waals surface area contributed by atoms with E-state index in [-0.39, 0.29) is 17.5 Å². The number of aromatic nitrogens is 2. The number of hydrogen-bond donors (Lipinski definition) is 2. The Labute approximate surface area is 155 Å². The molecule has 0 spiro atoms. The van der Waals surface area contributed by atoms with Gasteiger partial charge in [-0.25, -0.2) is 18.4 Å². The smallest absolute Gasteiger partial charge is 0.163 e. The van der Waals surface area contributed by atoms with E-state index in [1.807, 2.05) is 36.4 Å². The van der Waals surface area contributed by atoms with Crippen molar-refractivity contribution in [3.05, 3.63) is 36.4 Å². The molecule has 2 heterocycles. The summed E-state index contributed by atoms with van der Waals surface area (Å²) in [5, 5.41) is 6.63. The van der Waals surface area contributed by atoms with Crippen molar-refractivity contribution in [3.63, 3.8) is 0 Å². The van der Waals surface area contributed by atoms with E-state index in [4.69, 9.17) is 0 Å². The zero-order valence-electron chi connectivity index (χ0n) is 15.3. The molecule has 0 radical (unpaired) electrons. The Hall–Kier alpha value is -2.15. The molecular formula is C19H26N4O2S. The first-order valence-electron chi connectivity index (χ1n) is 9.06. The van der Waals surface area contributed by atoms with Crippen LogP contribution in [0.15, 0.2) is 36.4 Å². The van der Waals surface area contributed by atoms with E-state index >= 15 is 0 Å². The summed E-state index contributed by atoms with van der Waals surface area (Å²) in [4.78, 5) is 9.22. The van der Waals surface area contributed by atoms with Crippen LogP contribution in [0, 0.1) is 5.92 Å². The fraction of sp³-hybridized carbons (Fsp3) is 0.474. The van der Waals surface area contributed by atoms with Crippen LogP contribution in [-0.4, -0.2) is 42.5 Å². The standard InChI is InChI=1S/C19H26N4O2S/c1-14(2)8-10-20-17-12-18(21-16-9-11-26(24,25)13-16)23-19(22-17)15-6-4-3-5-7-15/h3-7,12,14,16H,8-11,13H2,1-2H3,(H2,20,21,22,23). The van der Waals surface area contributed by atoms with Crippen LogP contribution in [0.5, 0.6) is 0 Å². The first-order chi connectivity index (χ1) is 12.4. The van der Waals surface area contributed by atoms with Crippen LogP contribution in [0.1, 0.15) is 26.7 Å². The third-order valence-corrected chi connectivity index (χ3v) is 6.14. The lowest BCUT2D eigenvalue weighted by Gasteiger charge is -2.15. The summed E-state index contributed by atoms with van der Waals surface area (Å²) in [6, 6.07) is 11.6. The normalized spacial score (nSPS) is 18.8. The second-order valence-corrected chi connectivity index (χ2v) is 9.41. The fourth-order valence-electron chi connectivity index (χ4n) is 2.93. The van der Waals surface area contributed by atoms with Crippen molar-refractivity contribution < 1.29 is 8.42 Å². The van der Waals surface area contributed by atoms with E-state index in [0.29, 0.717) is 24.0 Å². The summed E-state index contributed by atoms with van der Waals surface area (Å²) in [5.41, 5.74) is 0.933. The molecule has 1 aromatic heterocycles. The summed E-state index contributed by atoms with van der Waals surface area (Å²) >= 11 is 0. The molecule has 1 fully saturated rings. The van der Waals surface area contributed by atoms with Crippen molar-refractivity contribution in [1.82, 2.24) is 9.97 Å². The molecule has 140 valence electrons. The summed E-state index contributed by atoms with van der Waals surface area (Å²) in [6.45, 7) is 5.20. The number of anilines is 2. The van der Waals surface area contributed by atoms with Gasteiger partial charge in [-0.1, -0.05) is 44.2 Å². The maximum atomic E-state index is 11.7. The van der Waals surface area contributed by atoms with Gasteiger partial charge >= 0.3 is 0 Å². The number of rotatable bonds is 7. The molecule has 0 aliphatic carbocycles. The topological polar surface area (TPSA) is 84.0 Å². The van der Waals surface area contributed by atoms with Crippen LogP contribution in [0.2, 0.25) is 0 Å². The van der Waals surface area contributed by atoms with Crippen LogP contribution >= 0.6 is 0 Å². The van der Waals surface area contributed by atoms with Crippen molar-refractivity contribution >= 4 is 21.5 Å². The zero-order valence-corrected chi connectivity index (χ0v) is 16.1. The summed E-state index contributed by atoms with van der Waals surface area (Å²) in [5.74, 6) is 3.05. The van der Waals surface area contributed by atoms with Crippen LogP contribution in [0.3, 0.4) is 0 Å². The number of nitrogens with one attached hydrogen (secondary N) is 2. The number of benzene rings is 1. The highest BCUT2D eigenvalue weighted by Crippen LogP contribution is 2.23. The average molecular weight is 375 g/mol. The summed E-state index contributed by atoms with van der Waals surface area (Å²) in [6.07, 6.45) is 1.66. The van der Waals surface area contributed by atoms with Gasteiger partial charge in [0.2, 0.25) is 0 Å². The molecule has 0 saturated carbocycles. The molecule has 26 heavy (non-hydrogen) atoms. The molecule has 1 atom stereocenters. The maximum Gasteiger partial charge on any atom is 0.163 e. The lowest BCUT2D eigenvalue weighted by molar-refractivity contribution is 0.602. The van der Waals surface area contributed by atoms with Crippen molar-refractivity contribution in [1.29, 1.82) is 0 Å². The molecule has 6 nitrogen and oxygen atoms in total. The van der Waals surface area contributed by atoms with Gasteiger partial charge in [0.15, 0.2) is 15.7 Å².